The summed E-state index contributed by atoms with van der Waals surface area (Å²) < 4.78 is 5.49. The van der Waals surface area contributed by atoms with Crippen LogP contribution in [0, 0.1) is 0 Å². The monoisotopic (exact) mass is 234 g/mol. The summed E-state index contributed by atoms with van der Waals surface area (Å²) in [6.45, 7) is 8.31. The molecule has 1 aromatic rings. The molecule has 2 N–H and O–H groups in total. The first-order valence-electron chi connectivity index (χ1n) is 5.83. The molecule has 0 aliphatic heterocycles. The number of benzene rings is 1. The highest BCUT2D eigenvalue weighted by Crippen LogP contribution is 2.35. The first-order valence-corrected chi connectivity index (χ1v) is 5.83. The van der Waals surface area contributed by atoms with Crippen LogP contribution in [-0.4, -0.2) is 7.11 Å². The molecule has 0 heterocycles. The number of anilines is 1. The number of nitrogens with two attached hydrogens (primary N) is 1. The van der Waals surface area contributed by atoms with Gasteiger partial charge in [0.15, 0.2) is 0 Å². The number of allylic oxidation sites excluding steroid dienone is 1. The van der Waals surface area contributed by atoms with Gasteiger partial charge in [0.1, 0.15) is 5.75 Å². The summed E-state index contributed by atoms with van der Waals surface area (Å²) in [5.74, 6) is 7.28. The Bertz CT molecular complexity index is 407. The normalized spacial score (nSPS) is 10.3. The third-order valence-corrected chi connectivity index (χ3v) is 2.53. The molecule has 3 heteroatoms. The summed E-state index contributed by atoms with van der Waals surface area (Å²) >= 11 is 0. The number of para-hydroxylation sites is 1. The summed E-state index contributed by atoms with van der Waals surface area (Å²) in [6, 6.07) is 6.04. The van der Waals surface area contributed by atoms with E-state index in [1.165, 1.54) is 5.56 Å². The van der Waals surface area contributed by atoms with E-state index in [4.69, 9.17) is 10.6 Å². The molecule has 94 valence electrons. The molecule has 0 aliphatic rings. The Kier molecular flexibility index (Phi) is 4.58. The molecule has 0 fully saturated rings. The average molecular weight is 234 g/mol. The lowest BCUT2D eigenvalue weighted by atomic mass is 10.0. The fourth-order valence-electron chi connectivity index (χ4n) is 1.77. The Balaban J connectivity index is 3.24. The van der Waals surface area contributed by atoms with E-state index in [-0.39, 0.29) is 0 Å². The predicted molar refractivity (Wildman–Crippen MR) is 73.2 cm³/mol. The first kappa shape index (κ1) is 13.6. The van der Waals surface area contributed by atoms with Crippen LogP contribution < -0.4 is 15.6 Å². The lowest BCUT2D eigenvalue weighted by Gasteiger charge is -2.21. The summed E-state index contributed by atoms with van der Waals surface area (Å²) in [4.78, 5) is 0. The molecule has 0 spiro atoms. The van der Waals surface area contributed by atoms with Gasteiger partial charge < -0.3 is 4.74 Å². The third-order valence-electron chi connectivity index (χ3n) is 2.53. The number of nitrogens with zero attached hydrogens (tertiary/aromatic N) is 1. The molecule has 0 amide bonds. The lowest BCUT2D eigenvalue weighted by Crippen LogP contribution is -2.25. The van der Waals surface area contributed by atoms with Crippen LogP contribution in [0.15, 0.2) is 30.0 Å². The van der Waals surface area contributed by atoms with Crippen LogP contribution in [0.25, 0.3) is 0 Å². The number of methoxy groups -OCH3 is 1. The fourth-order valence-corrected chi connectivity index (χ4v) is 1.77. The summed E-state index contributed by atoms with van der Waals surface area (Å²) in [7, 11) is 1.68. The molecule has 3 nitrogen and oxygen atoms in total. The summed E-state index contributed by atoms with van der Waals surface area (Å²) in [6.07, 6.45) is 1.89. The SMILES string of the molecule is COc1c(C(C)C)cccc1N(N)C=C(C)C. The van der Waals surface area contributed by atoms with E-state index in [9.17, 15) is 0 Å². The highest BCUT2D eigenvalue weighted by atomic mass is 16.5. The van der Waals surface area contributed by atoms with Crippen LogP contribution in [-0.2, 0) is 0 Å². The zero-order valence-electron chi connectivity index (χ0n) is 11.3. The minimum absolute atomic E-state index is 0.407. The molecule has 0 saturated heterocycles. The van der Waals surface area contributed by atoms with Gasteiger partial charge in [-0.1, -0.05) is 31.6 Å². The van der Waals surface area contributed by atoms with Gasteiger partial charge in [-0.05, 0) is 31.4 Å². The zero-order chi connectivity index (χ0) is 13.0. The highest BCUT2D eigenvalue weighted by molar-refractivity contribution is 5.63. The van der Waals surface area contributed by atoms with Crippen molar-refractivity contribution >= 4 is 5.69 Å². The van der Waals surface area contributed by atoms with E-state index in [1.807, 2.05) is 32.2 Å². The van der Waals surface area contributed by atoms with Crippen LogP contribution in [0.4, 0.5) is 5.69 Å². The number of rotatable bonds is 4. The largest absolute Gasteiger partial charge is 0.494 e. The number of hydrazine groups is 1. The second kappa shape index (κ2) is 5.73. The number of hydrogen-bond donors (Lipinski definition) is 1. The second-order valence-electron chi connectivity index (χ2n) is 4.67. The van der Waals surface area contributed by atoms with Crippen LogP contribution in [0.3, 0.4) is 0 Å². The van der Waals surface area contributed by atoms with Crippen LogP contribution in [0.1, 0.15) is 39.2 Å². The standard InChI is InChI=1S/C14H22N2O/c1-10(2)9-16(15)13-8-6-7-12(11(3)4)14(13)17-5/h6-9,11H,15H2,1-5H3. The van der Waals surface area contributed by atoms with Crippen molar-refractivity contribution in [2.45, 2.75) is 33.6 Å². The van der Waals surface area contributed by atoms with Gasteiger partial charge in [-0.25, -0.2) is 5.84 Å². The molecular weight excluding hydrogens is 212 g/mol. The molecule has 0 bridgehead atoms. The summed E-state index contributed by atoms with van der Waals surface area (Å²) in [5, 5.41) is 1.61. The van der Waals surface area contributed by atoms with E-state index in [2.05, 4.69) is 19.9 Å². The Morgan fingerprint density at radius 1 is 1.35 bits per heavy atom. The van der Waals surface area contributed by atoms with Gasteiger partial charge >= 0.3 is 0 Å². The molecule has 0 saturated carbocycles. The quantitative estimate of drug-likeness (QED) is 0.641. The topological polar surface area (TPSA) is 38.5 Å². The Morgan fingerprint density at radius 3 is 2.47 bits per heavy atom. The van der Waals surface area contributed by atoms with E-state index >= 15 is 0 Å². The molecule has 0 atom stereocenters. The van der Waals surface area contributed by atoms with Crippen LogP contribution in [0.5, 0.6) is 5.75 Å². The smallest absolute Gasteiger partial charge is 0.147 e. The molecule has 17 heavy (non-hydrogen) atoms. The van der Waals surface area contributed by atoms with Gasteiger partial charge in [-0.15, -0.1) is 0 Å². The number of hydrogen-bond acceptors (Lipinski definition) is 3. The molecule has 1 aromatic carbocycles. The highest BCUT2D eigenvalue weighted by Gasteiger charge is 2.13. The minimum atomic E-state index is 0.407. The van der Waals surface area contributed by atoms with E-state index in [1.54, 1.807) is 12.1 Å². The molecule has 0 radical (unpaired) electrons. The van der Waals surface area contributed by atoms with E-state index < -0.39 is 0 Å². The molecular formula is C14H22N2O. The number of ether oxygens (including phenoxy) is 1. The zero-order valence-corrected chi connectivity index (χ0v) is 11.3. The van der Waals surface area contributed by atoms with Gasteiger partial charge in [0.2, 0.25) is 0 Å². The van der Waals surface area contributed by atoms with Crippen LogP contribution in [0.2, 0.25) is 0 Å². The maximum atomic E-state index is 6.02. The van der Waals surface area contributed by atoms with Gasteiger partial charge in [0.05, 0.1) is 12.8 Å². The maximum Gasteiger partial charge on any atom is 0.147 e. The first-order chi connectivity index (χ1) is 7.97. The fraction of sp³-hybridized carbons (Fsp3) is 0.429. The van der Waals surface area contributed by atoms with E-state index in [0.29, 0.717) is 5.92 Å². The minimum Gasteiger partial charge on any atom is -0.494 e. The Labute approximate surface area is 104 Å². The molecule has 1 rings (SSSR count). The van der Waals surface area contributed by atoms with Crippen molar-refractivity contribution in [1.29, 1.82) is 0 Å². The van der Waals surface area contributed by atoms with Gasteiger partial charge in [0, 0.05) is 6.20 Å². The molecule has 0 aliphatic carbocycles. The maximum absolute atomic E-state index is 6.02. The average Bonchev–Trinajstić information content (AvgIpc) is 2.26. The van der Waals surface area contributed by atoms with Crippen LogP contribution >= 0.6 is 0 Å². The van der Waals surface area contributed by atoms with Crippen molar-refractivity contribution in [1.82, 2.24) is 0 Å². The Hall–Kier alpha value is -1.48. The van der Waals surface area contributed by atoms with E-state index in [0.717, 1.165) is 17.0 Å². The molecule has 0 unspecified atom stereocenters. The lowest BCUT2D eigenvalue weighted by molar-refractivity contribution is 0.408. The summed E-state index contributed by atoms with van der Waals surface area (Å²) in [5.41, 5.74) is 3.20. The van der Waals surface area contributed by atoms with Crippen molar-refractivity contribution in [2.75, 3.05) is 12.1 Å². The van der Waals surface area contributed by atoms with Crippen molar-refractivity contribution in [3.63, 3.8) is 0 Å². The van der Waals surface area contributed by atoms with Gasteiger partial charge in [-0.3, -0.25) is 5.01 Å². The van der Waals surface area contributed by atoms with Gasteiger partial charge in [-0.2, -0.15) is 0 Å². The van der Waals surface area contributed by atoms with Gasteiger partial charge in [0.25, 0.3) is 0 Å². The van der Waals surface area contributed by atoms with Crippen molar-refractivity contribution in [3.8, 4) is 5.75 Å². The molecule has 0 aromatic heterocycles. The van der Waals surface area contributed by atoms with Crippen molar-refractivity contribution < 1.29 is 4.74 Å². The third kappa shape index (κ3) is 3.24. The van der Waals surface area contributed by atoms with Crippen molar-refractivity contribution in [3.05, 3.63) is 35.5 Å². The predicted octanol–water partition coefficient (Wildman–Crippen LogP) is 3.42. The Morgan fingerprint density at radius 2 is 2.00 bits per heavy atom. The second-order valence-corrected chi connectivity index (χ2v) is 4.67. The van der Waals surface area contributed by atoms with Crippen molar-refractivity contribution in [2.24, 2.45) is 5.84 Å².